The molecule has 0 spiro atoms. The first-order valence-electron chi connectivity index (χ1n) is 20.9. The highest BCUT2D eigenvalue weighted by Crippen LogP contribution is 2.43. The second-order valence-electron chi connectivity index (χ2n) is 15.1. The molecule has 0 heterocycles. The molecule has 288 valence electrons. The molecule has 6 heteroatoms. The lowest BCUT2D eigenvalue weighted by Gasteiger charge is -2.22. The molecule has 4 aromatic rings. The fraction of sp³-hybridized carbons (Fsp3) is 0.458. The van der Waals surface area contributed by atoms with Crippen LogP contribution in [0.1, 0.15) is 172 Å². The van der Waals surface area contributed by atoms with E-state index in [1.54, 1.807) is 12.1 Å². The molecule has 4 nitrogen and oxygen atoms in total. The van der Waals surface area contributed by atoms with Crippen molar-refractivity contribution in [2.45, 2.75) is 162 Å². The highest BCUT2D eigenvalue weighted by Gasteiger charge is 2.34. The fourth-order valence-corrected chi connectivity index (χ4v) is 9.56. The summed E-state index contributed by atoms with van der Waals surface area (Å²) in [5, 5.41) is 0. The Hall–Kier alpha value is -3.48. The molecular formula is C48H62N2O2S2. The second-order valence-corrected chi connectivity index (χ2v) is 17.3. The molecule has 0 unspecified atom stereocenters. The van der Waals surface area contributed by atoms with E-state index in [4.69, 9.17) is 11.5 Å². The van der Waals surface area contributed by atoms with Crippen molar-refractivity contribution >= 4 is 46.5 Å². The Morgan fingerprint density at radius 3 is 1.17 bits per heavy atom. The van der Waals surface area contributed by atoms with Gasteiger partial charge in [-0.2, -0.15) is 0 Å². The third-order valence-corrected chi connectivity index (χ3v) is 13.0. The van der Waals surface area contributed by atoms with E-state index in [1.165, 1.54) is 150 Å². The average Bonchev–Trinajstić information content (AvgIpc) is 3.17. The van der Waals surface area contributed by atoms with Gasteiger partial charge < -0.3 is 11.5 Å². The van der Waals surface area contributed by atoms with Crippen molar-refractivity contribution in [3.8, 4) is 0 Å². The summed E-state index contributed by atoms with van der Waals surface area (Å²) in [6.07, 6.45) is 25.6. The third kappa shape index (κ3) is 11.8. The maximum Gasteiger partial charge on any atom is 0.196 e. The predicted octanol–water partition coefficient (Wildman–Crippen LogP) is 14.1. The number of nitrogens with two attached hydrogens (primary N) is 2. The zero-order valence-corrected chi connectivity index (χ0v) is 34.5. The number of carbonyl (C=O) groups is 2. The molecule has 0 aliphatic heterocycles. The molecule has 0 saturated carbocycles. The number of hydrogen-bond donors (Lipinski definition) is 2. The molecule has 1 aliphatic rings. The summed E-state index contributed by atoms with van der Waals surface area (Å²) in [6, 6.07) is 23.7. The van der Waals surface area contributed by atoms with Crippen LogP contribution in [0.15, 0.2) is 92.4 Å². The Morgan fingerprint density at radius 2 is 0.796 bits per heavy atom. The zero-order chi connectivity index (χ0) is 38.1. The lowest BCUT2D eigenvalue weighted by molar-refractivity contribution is 0.0974. The number of aryl methyl sites for hydroxylation is 2. The Balaban J connectivity index is 1.21. The Labute approximate surface area is 334 Å². The Morgan fingerprint density at radius 1 is 0.426 bits per heavy atom. The number of carbonyl (C=O) groups excluding carboxylic acids is 2. The number of nitrogen functional groups attached to an aromatic ring is 2. The number of hydrogen-bond acceptors (Lipinski definition) is 6. The summed E-state index contributed by atoms with van der Waals surface area (Å²) < 4.78 is 0. The van der Waals surface area contributed by atoms with Crippen LogP contribution in [-0.2, 0) is 12.8 Å². The SMILES string of the molecule is CCCCCCCCCCCc1ccc(Sc2cccc3c2C(=O)c2c(Sc4ccc(CCCCCCCCCCC)cc4N)cccc2C3=O)c(N)c1. The summed E-state index contributed by atoms with van der Waals surface area (Å²) in [5.74, 6) is -0.259. The van der Waals surface area contributed by atoms with Gasteiger partial charge >= 0.3 is 0 Å². The maximum atomic E-state index is 14.4. The molecular weight excluding hydrogens is 701 g/mol. The molecule has 4 N–H and O–H groups in total. The van der Waals surface area contributed by atoms with Gasteiger partial charge in [0.15, 0.2) is 11.6 Å². The van der Waals surface area contributed by atoms with Gasteiger partial charge in [0.05, 0.1) is 0 Å². The summed E-state index contributed by atoms with van der Waals surface area (Å²) in [6.45, 7) is 4.53. The molecule has 54 heavy (non-hydrogen) atoms. The smallest absolute Gasteiger partial charge is 0.196 e. The molecule has 0 bridgehead atoms. The molecule has 0 aromatic heterocycles. The molecule has 0 atom stereocenters. The van der Waals surface area contributed by atoms with E-state index in [0.717, 1.165) is 32.4 Å². The van der Waals surface area contributed by atoms with Gasteiger partial charge in [-0.05, 0) is 73.2 Å². The summed E-state index contributed by atoms with van der Waals surface area (Å²) >= 11 is 2.93. The first kappa shape index (κ1) is 41.7. The van der Waals surface area contributed by atoms with E-state index in [9.17, 15) is 9.59 Å². The van der Waals surface area contributed by atoms with E-state index in [0.29, 0.717) is 33.6 Å². The van der Waals surface area contributed by atoms with Crippen molar-refractivity contribution in [3.63, 3.8) is 0 Å². The van der Waals surface area contributed by atoms with Gasteiger partial charge in [-0.25, -0.2) is 0 Å². The average molecular weight is 763 g/mol. The third-order valence-electron chi connectivity index (χ3n) is 10.7. The number of anilines is 2. The van der Waals surface area contributed by atoms with Crippen molar-refractivity contribution in [1.29, 1.82) is 0 Å². The van der Waals surface area contributed by atoms with E-state index < -0.39 is 0 Å². The van der Waals surface area contributed by atoms with E-state index >= 15 is 0 Å². The number of rotatable bonds is 24. The number of unbranched alkanes of at least 4 members (excludes halogenated alkanes) is 16. The number of benzene rings is 4. The van der Waals surface area contributed by atoms with Gasteiger partial charge in [0.2, 0.25) is 0 Å². The lowest BCUT2D eigenvalue weighted by atomic mass is 9.84. The fourth-order valence-electron chi connectivity index (χ4n) is 7.56. The zero-order valence-electron chi connectivity index (χ0n) is 32.9. The van der Waals surface area contributed by atoms with Crippen LogP contribution in [0.2, 0.25) is 0 Å². The lowest BCUT2D eigenvalue weighted by Crippen LogP contribution is -2.22. The van der Waals surface area contributed by atoms with E-state index in [1.807, 2.05) is 24.3 Å². The molecule has 1 aliphatic carbocycles. The summed E-state index contributed by atoms with van der Waals surface area (Å²) in [7, 11) is 0. The van der Waals surface area contributed by atoms with Gasteiger partial charge in [0.25, 0.3) is 0 Å². The number of fused-ring (bicyclic) bond motifs is 2. The van der Waals surface area contributed by atoms with Crippen molar-refractivity contribution in [2.75, 3.05) is 11.5 Å². The second kappa shape index (κ2) is 22.2. The monoisotopic (exact) mass is 762 g/mol. The number of ketones is 2. The topological polar surface area (TPSA) is 86.2 Å². The van der Waals surface area contributed by atoms with Crippen LogP contribution >= 0.6 is 23.5 Å². The Bertz CT molecular complexity index is 1700. The minimum absolute atomic E-state index is 0.127. The van der Waals surface area contributed by atoms with Gasteiger partial charge in [0, 0.05) is 53.2 Å². The quantitative estimate of drug-likeness (QED) is 0.0481. The molecule has 0 radical (unpaired) electrons. The van der Waals surface area contributed by atoms with Crippen LogP contribution in [0.3, 0.4) is 0 Å². The van der Waals surface area contributed by atoms with Gasteiger partial charge in [-0.15, -0.1) is 0 Å². The first-order valence-corrected chi connectivity index (χ1v) is 22.5. The van der Waals surface area contributed by atoms with Crippen LogP contribution in [-0.4, -0.2) is 11.6 Å². The predicted molar refractivity (Wildman–Crippen MR) is 232 cm³/mol. The Kier molecular flexibility index (Phi) is 17.1. The minimum atomic E-state index is -0.132. The normalized spacial score (nSPS) is 12.3. The first-order chi connectivity index (χ1) is 26.4. The highest BCUT2D eigenvalue weighted by atomic mass is 32.2. The van der Waals surface area contributed by atoms with Crippen LogP contribution in [0.25, 0.3) is 0 Å². The summed E-state index contributed by atoms with van der Waals surface area (Å²) in [4.78, 5) is 31.6. The highest BCUT2D eigenvalue weighted by molar-refractivity contribution is 8.00. The van der Waals surface area contributed by atoms with Crippen LogP contribution in [0.5, 0.6) is 0 Å². The largest absolute Gasteiger partial charge is 0.398 e. The van der Waals surface area contributed by atoms with Crippen LogP contribution in [0, 0.1) is 0 Å². The van der Waals surface area contributed by atoms with Gasteiger partial charge in [-0.1, -0.05) is 177 Å². The van der Waals surface area contributed by atoms with Crippen molar-refractivity contribution in [1.82, 2.24) is 0 Å². The molecule has 5 rings (SSSR count). The molecule has 0 saturated heterocycles. The van der Waals surface area contributed by atoms with E-state index in [2.05, 4.69) is 50.2 Å². The van der Waals surface area contributed by atoms with Gasteiger partial charge in [-0.3, -0.25) is 9.59 Å². The summed E-state index contributed by atoms with van der Waals surface area (Å²) in [5.41, 5.74) is 18.9. The standard InChI is InChI=1S/C48H62N2O2S2/c1-3-5-7-9-11-13-15-17-19-23-35-29-31-41(39(49)33-35)53-43-27-21-25-37-45(43)48(52)46-38(47(37)51)26-22-28-44(46)54-42-32-30-36(34-40(42)50)24-20-18-16-14-12-10-8-6-4-2/h21-22,25-34H,3-20,23-24,49-50H2,1-2H3. The van der Waals surface area contributed by atoms with Crippen molar-refractivity contribution in [2.24, 2.45) is 0 Å². The minimum Gasteiger partial charge on any atom is -0.398 e. The van der Waals surface area contributed by atoms with E-state index in [-0.39, 0.29) is 11.6 Å². The van der Waals surface area contributed by atoms with Crippen molar-refractivity contribution in [3.05, 3.63) is 106 Å². The van der Waals surface area contributed by atoms with Crippen LogP contribution < -0.4 is 11.5 Å². The molecule has 4 aromatic carbocycles. The van der Waals surface area contributed by atoms with Crippen LogP contribution in [0.4, 0.5) is 11.4 Å². The molecule has 0 fully saturated rings. The van der Waals surface area contributed by atoms with Gasteiger partial charge in [0.1, 0.15) is 0 Å². The maximum absolute atomic E-state index is 14.4. The molecule has 0 amide bonds. The van der Waals surface area contributed by atoms with Crippen molar-refractivity contribution < 1.29 is 9.59 Å².